The van der Waals surface area contributed by atoms with E-state index < -0.39 is 11.7 Å². The zero-order chi connectivity index (χ0) is 23.4. The Morgan fingerprint density at radius 3 is 2.67 bits per heavy atom. The summed E-state index contributed by atoms with van der Waals surface area (Å²) < 4.78 is 20.2. The van der Waals surface area contributed by atoms with Gasteiger partial charge in [-0.25, -0.2) is 4.39 Å². The van der Waals surface area contributed by atoms with Crippen LogP contribution in [0, 0.1) is 10.7 Å². The Kier molecular flexibility index (Phi) is 6.58. The van der Waals surface area contributed by atoms with E-state index in [2.05, 4.69) is 10.5 Å². The number of amides is 1. The lowest BCUT2D eigenvalue weighted by Crippen LogP contribution is -2.23. The number of rotatable bonds is 8. The molecule has 0 fully saturated rings. The van der Waals surface area contributed by atoms with Crippen LogP contribution < -0.4 is 10.1 Å². The fourth-order valence-corrected chi connectivity index (χ4v) is 4.42. The molecule has 0 aliphatic heterocycles. The van der Waals surface area contributed by atoms with Crippen molar-refractivity contribution in [3.05, 3.63) is 98.2 Å². The maximum atomic E-state index is 14.8. The van der Waals surface area contributed by atoms with E-state index in [4.69, 9.17) is 4.74 Å². The van der Waals surface area contributed by atoms with Crippen LogP contribution in [0.5, 0.6) is 5.75 Å². The highest BCUT2D eigenvalue weighted by atomic mass is 19.1. The average molecular weight is 446 g/mol. The molecule has 0 aromatic heterocycles. The summed E-state index contributed by atoms with van der Waals surface area (Å²) in [5, 5.41) is 5.53. The first-order valence-electron chi connectivity index (χ1n) is 10.7. The van der Waals surface area contributed by atoms with Crippen molar-refractivity contribution in [2.45, 2.75) is 32.2 Å². The monoisotopic (exact) mass is 446 g/mol. The fraction of sp³-hybridized carbons (Fsp3) is 0.231. The van der Waals surface area contributed by atoms with E-state index in [1.165, 1.54) is 12.1 Å². The van der Waals surface area contributed by atoms with Crippen molar-refractivity contribution in [1.29, 1.82) is 0 Å². The summed E-state index contributed by atoms with van der Waals surface area (Å²) in [6.07, 6.45) is 3.98. The van der Waals surface area contributed by atoms with Gasteiger partial charge >= 0.3 is 0 Å². The number of carbonyl (C=O) groups excluding carboxylic acids is 2. The highest BCUT2D eigenvalue weighted by molar-refractivity contribution is 5.94. The molecule has 1 amide bonds. The molecule has 1 N–H and O–H groups in total. The molecule has 4 rings (SSSR count). The Balaban J connectivity index is 1.51. The van der Waals surface area contributed by atoms with Crippen molar-refractivity contribution >= 4 is 17.9 Å². The summed E-state index contributed by atoms with van der Waals surface area (Å²) in [5.74, 6) is -0.528. The van der Waals surface area contributed by atoms with Gasteiger partial charge in [0, 0.05) is 6.54 Å². The Labute approximate surface area is 190 Å². The maximum absolute atomic E-state index is 14.8. The molecule has 0 saturated carbocycles. The van der Waals surface area contributed by atoms with Crippen LogP contribution in [-0.4, -0.2) is 19.3 Å². The Bertz CT molecular complexity index is 1240. The quantitative estimate of drug-likeness (QED) is 0.387. The minimum absolute atomic E-state index is 0.0584. The number of hydrogen-bond donors (Lipinski definition) is 1. The van der Waals surface area contributed by atoms with E-state index in [9.17, 15) is 18.9 Å². The predicted octanol–water partition coefficient (Wildman–Crippen LogP) is 5.05. The molecule has 7 heteroatoms. The zero-order valence-electron chi connectivity index (χ0n) is 18.2. The molecule has 1 aliphatic carbocycles. The summed E-state index contributed by atoms with van der Waals surface area (Å²) in [6.45, 7) is 0.149. The summed E-state index contributed by atoms with van der Waals surface area (Å²) >= 11 is 0. The van der Waals surface area contributed by atoms with Gasteiger partial charge in [-0.05, 0) is 89.0 Å². The first-order valence-corrected chi connectivity index (χ1v) is 10.7. The first-order chi connectivity index (χ1) is 16.0. The van der Waals surface area contributed by atoms with Gasteiger partial charge in [0.25, 0.3) is 5.91 Å². The van der Waals surface area contributed by atoms with Crippen molar-refractivity contribution in [2.24, 2.45) is 5.18 Å². The number of hydrogen-bond acceptors (Lipinski definition) is 5. The van der Waals surface area contributed by atoms with Crippen LogP contribution in [0.25, 0.3) is 0 Å². The van der Waals surface area contributed by atoms with Crippen molar-refractivity contribution in [3.63, 3.8) is 0 Å². The van der Waals surface area contributed by atoms with E-state index in [0.29, 0.717) is 28.9 Å². The summed E-state index contributed by atoms with van der Waals surface area (Å²) in [6, 6.07) is 12.9. The third kappa shape index (κ3) is 4.67. The molecule has 168 valence electrons. The Hall–Kier alpha value is -3.87. The zero-order valence-corrected chi connectivity index (χ0v) is 18.2. The molecule has 0 radical (unpaired) electrons. The molecule has 0 atom stereocenters. The van der Waals surface area contributed by atoms with E-state index in [0.717, 1.165) is 42.2 Å². The largest absolute Gasteiger partial charge is 0.496 e. The summed E-state index contributed by atoms with van der Waals surface area (Å²) in [5.41, 5.74) is 5.30. The van der Waals surface area contributed by atoms with Crippen LogP contribution in [0.3, 0.4) is 0 Å². The molecule has 6 nitrogen and oxygen atoms in total. The van der Waals surface area contributed by atoms with Crippen molar-refractivity contribution < 1.29 is 18.7 Å². The molecular weight excluding hydrogens is 423 g/mol. The van der Waals surface area contributed by atoms with Crippen molar-refractivity contribution in [2.75, 3.05) is 7.11 Å². The van der Waals surface area contributed by atoms with Gasteiger partial charge < -0.3 is 10.1 Å². The maximum Gasteiger partial charge on any atom is 0.254 e. The van der Waals surface area contributed by atoms with E-state index in [1.54, 1.807) is 37.4 Å². The number of nitroso groups, excluding NO2 is 1. The Morgan fingerprint density at radius 2 is 1.94 bits per heavy atom. The number of ether oxygens (including phenoxy) is 1. The smallest absolute Gasteiger partial charge is 0.254 e. The average Bonchev–Trinajstić information content (AvgIpc) is 3.32. The van der Waals surface area contributed by atoms with E-state index >= 15 is 0 Å². The number of fused-ring (bicyclic) bond motifs is 1. The highest BCUT2D eigenvalue weighted by Crippen LogP contribution is 2.36. The van der Waals surface area contributed by atoms with Gasteiger partial charge in [-0.2, -0.15) is 0 Å². The first kappa shape index (κ1) is 22.3. The topological polar surface area (TPSA) is 84.8 Å². The molecule has 3 aromatic carbocycles. The number of halogens is 1. The van der Waals surface area contributed by atoms with Gasteiger partial charge in [0.05, 0.1) is 18.2 Å². The molecule has 33 heavy (non-hydrogen) atoms. The van der Waals surface area contributed by atoms with Gasteiger partial charge in [0.1, 0.15) is 17.3 Å². The second-order valence-electron chi connectivity index (χ2n) is 8.02. The van der Waals surface area contributed by atoms with Gasteiger partial charge in [-0.3, -0.25) is 9.59 Å². The lowest BCUT2D eigenvalue weighted by atomic mass is 9.93. The molecule has 0 bridgehead atoms. The molecule has 0 saturated heterocycles. The summed E-state index contributed by atoms with van der Waals surface area (Å²) in [7, 11) is 1.57. The van der Waals surface area contributed by atoms with Gasteiger partial charge in [-0.15, -0.1) is 4.91 Å². The van der Waals surface area contributed by atoms with Crippen LogP contribution in [0.1, 0.15) is 55.0 Å². The molecule has 3 aromatic rings. The molecule has 0 heterocycles. The number of nitrogens with one attached hydrogen (secondary N) is 1. The number of benzene rings is 3. The van der Waals surface area contributed by atoms with Gasteiger partial charge in [0.2, 0.25) is 0 Å². The van der Waals surface area contributed by atoms with Gasteiger partial charge in [-0.1, -0.05) is 18.2 Å². The molecule has 0 unspecified atom stereocenters. The fourth-order valence-electron chi connectivity index (χ4n) is 4.42. The third-order valence-corrected chi connectivity index (χ3v) is 5.94. The van der Waals surface area contributed by atoms with Crippen molar-refractivity contribution in [3.8, 4) is 5.75 Å². The molecule has 0 spiro atoms. The minimum atomic E-state index is -0.617. The lowest BCUT2D eigenvalue weighted by Gasteiger charge is -2.15. The Morgan fingerprint density at radius 1 is 1.12 bits per heavy atom. The normalized spacial score (nSPS) is 12.2. The van der Waals surface area contributed by atoms with Crippen LogP contribution in [0.15, 0.2) is 53.7 Å². The van der Waals surface area contributed by atoms with Crippen molar-refractivity contribution in [1.82, 2.24) is 5.32 Å². The van der Waals surface area contributed by atoms with E-state index in [-0.39, 0.29) is 17.8 Å². The second kappa shape index (κ2) is 9.73. The number of methoxy groups -OCH3 is 1. The van der Waals surface area contributed by atoms with Crippen LogP contribution in [0.2, 0.25) is 0 Å². The van der Waals surface area contributed by atoms with Crippen LogP contribution >= 0.6 is 0 Å². The van der Waals surface area contributed by atoms with Gasteiger partial charge in [0.15, 0.2) is 6.29 Å². The second-order valence-corrected chi connectivity index (χ2v) is 8.02. The lowest BCUT2D eigenvalue weighted by molar-refractivity contribution is 0.0946. The predicted molar refractivity (Wildman–Crippen MR) is 123 cm³/mol. The SMILES string of the molecule is COc1c(C=O)cc(Cc2ccc(C(=O)NCc3cccc(N=O)c3)c(F)c2)c2c1CCC2. The van der Waals surface area contributed by atoms with Crippen LogP contribution in [-0.2, 0) is 25.8 Å². The number of aldehydes is 1. The molecule has 1 aliphatic rings. The van der Waals surface area contributed by atoms with Crippen LogP contribution in [0.4, 0.5) is 10.1 Å². The molecular formula is C26H23FN2O4. The van der Waals surface area contributed by atoms with E-state index in [1.807, 2.05) is 6.07 Å². The number of nitrogens with zero attached hydrogens (tertiary/aromatic N) is 1. The highest BCUT2D eigenvalue weighted by Gasteiger charge is 2.23. The number of carbonyl (C=O) groups is 2. The minimum Gasteiger partial charge on any atom is -0.496 e. The summed E-state index contributed by atoms with van der Waals surface area (Å²) in [4.78, 5) is 34.7. The third-order valence-electron chi connectivity index (χ3n) is 5.94. The standard InChI is InChI=1S/C26H23FN2O4/c1-33-25-19(15-30)13-18(21-6-3-7-22(21)25)10-16-8-9-23(24(27)12-16)26(31)28-14-17-4-2-5-20(11-17)29-32/h2,4-5,8-9,11-13,15H,3,6-7,10,14H2,1H3,(H,28,31).